The van der Waals surface area contributed by atoms with E-state index in [1.165, 1.54) is 12.8 Å². The maximum atomic E-state index is 8.52. The summed E-state index contributed by atoms with van der Waals surface area (Å²) in [5.41, 5.74) is 1.13. The van der Waals surface area contributed by atoms with E-state index in [0.717, 1.165) is 23.8 Å². The molecule has 1 fully saturated rings. The van der Waals surface area contributed by atoms with Crippen molar-refractivity contribution < 1.29 is 4.74 Å². The van der Waals surface area contributed by atoms with Crippen LogP contribution in [0.25, 0.3) is 0 Å². The fourth-order valence-corrected chi connectivity index (χ4v) is 2.09. The maximum absolute atomic E-state index is 8.52. The molecule has 1 aromatic carbocycles. The molecule has 3 nitrogen and oxygen atoms in total. The molecule has 1 aromatic rings. The smallest absolute Gasteiger partial charge is 0.174 e. The third-order valence-electron chi connectivity index (χ3n) is 3.27. The Hall–Kier alpha value is -1.53. The maximum Gasteiger partial charge on any atom is 0.174 e. The zero-order valence-corrected chi connectivity index (χ0v) is 10.1. The average Bonchev–Trinajstić information content (AvgIpc) is 3.13. The van der Waals surface area contributed by atoms with E-state index >= 15 is 0 Å². The highest BCUT2D eigenvalue weighted by Crippen LogP contribution is 2.33. The molecular weight excluding hydrogens is 212 g/mol. The molecule has 0 radical (unpaired) electrons. The molecule has 1 saturated carbocycles. The summed E-state index contributed by atoms with van der Waals surface area (Å²) in [6, 6.07) is 10.6. The summed E-state index contributed by atoms with van der Waals surface area (Å²) in [6.07, 6.45) is 2.54. The Morgan fingerprint density at radius 1 is 1.47 bits per heavy atom. The monoisotopic (exact) mass is 230 g/mol. The Kier molecular flexibility index (Phi) is 4.00. The van der Waals surface area contributed by atoms with Crippen molar-refractivity contribution in [2.75, 3.05) is 6.61 Å². The molecule has 90 valence electrons. The molecule has 2 rings (SSSR count). The largest absolute Gasteiger partial charge is 0.478 e. The molecule has 2 atom stereocenters. The van der Waals surface area contributed by atoms with E-state index in [4.69, 9.17) is 10.00 Å². The van der Waals surface area contributed by atoms with Crippen molar-refractivity contribution in [2.24, 2.45) is 5.92 Å². The fraction of sp³-hybridized carbons (Fsp3) is 0.500. The first kappa shape index (κ1) is 11.9. The van der Waals surface area contributed by atoms with Gasteiger partial charge in [-0.1, -0.05) is 31.5 Å². The second kappa shape index (κ2) is 5.70. The second-order valence-corrected chi connectivity index (χ2v) is 4.45. The molecule has 1 aliphatic carbocycles. The normalized spacial score (nSPS) is 21.9. The minimum Gasteiger partial charge on any atom is -0.478 e. The average molecular weight is 230 g/mol. The lowest BCUT2D eigenvalue weighted by Gasteiger charge is -2.10. The van der Waals surface area contributed by atoms with Crippen LogP contribution in [0.3, 0.4) is 0 Å². The summed E-state index contributed by atoms with van der Waals surface area (Å²) in [6.45, 7) is 3.16. The molecule has 0 heterocycles. The molecule has 0 saturated heterocycles. The molecule has 0 bridgehead atoms. The van der Waals surface area contributed by atoms with Gasteiger partial charge in [0.25, 0.3) is 0 Å². The quantitative estimate of drug-likeness (QED) is 0.816. The highest BCUT2D eigenvalue weighted by Gasteiger charge is 2.34. The molecule has 0 aromatic heterocycles. The van der Waals surface area contributed by atoms with Crippen LogP contribution < -0.4 is 10.1 Å². The van der Waals surface area contributed by atoms with Crippen molar-refractivity contribution in [2.45, 2.75) is 32.4 Å². The number of benzene rings is 1. The predicted molar refractivity (Wildman–Crippen MR) is 66.6 cm³/mol. The van der Waals surface area contributed by atoms with Crippen LogP contribution in [-0.4, -0.2) is 12.6 Å². The van der Waals surface area contributed by atoms with Gasteiger partial charge in [0.05, 0.1) is 0 Å². The minimum atomic E-state index is 0.109. The number of ether oxygens (including phenoxy) is 1. The van der Waals surface area contributed by atoms with E-state index in [-0.39, 0.29) is 6.61 Å². The molecule has 1 aliphatic rings. The van der Waals surface area contributed by atoms with Crippen LogP contribution in [-0.2, 0) is 6.54 Å². The van der Waals surface area contributed by atoms with Crippen molar-refractivity contribution in [1.82, 2.24) is 5.32 Å². The zero-order valence-electron chi connectivity index (χ0n) is 10.1. The van der Waals surface area contributed by atoms with E-state index in [1.54, 1.807) is 0 Å². The van der Waals surface area contributed by atoms with Gasteiger partial charge in [0.15, 0.2) is 6.61 Å². The van der Waals surface area contributed by atoms with Crippen LogP contribution in [0.4, 0.5) is 0 Å². The van der Waals surface area contributed by atoms with E-state index in [1.807, 2.05) is 30.3 Å². The van der Waals surface area contributed by atoms with E-state index < -0.39 is 0 Å². The van der Waals surface area contributed by atoms with Gasteiger partial charge in [-0.3, -0.25) is 0 Å². The molecule has 0 spiro atoms. The van der Waals surface area contributed by atoms with Crippen molar-refractivity contribution in [3.8, 4) is 11.8 Å². The third-order valence-corrected chi connectivity index (χ3v) is 3.27. The van der Waals surface area contributed by atoms with Crippen LogP contribution in [0.5, 0.6) is 5.75 Å². The van der Waals surface area contributed by atoms with Crippen molar-refractivity contribution in [3.05, 3.63) is 29.8 Å². The first-order chi connectivity index (χ1) is 8.35. The number of para-hydroxylation sites is 1. The highest BCUT2D eigenvalue weighted by molar-refractivity contribution is 5.33. The summed E-state index contributed by atoms with van der Waals surface area (Å²) in [5.74, 6) is 1.66. The van der Waals surface area contributed by atoms with Gasteiger partial charge in [0.2, 0.25) is 0 Å². The molecular formula is C14H18N2O. The highest BCUT2D eigenvalue weighted by atomic mass is 16.5. The Bertz CT molecular complexity index is 411. The molecule has 0 aliphatic heterocycles. The Balaban J connectivity index is 1.89. The van der Waals surface area contributed by atoms with Crippen LogP contribution in [0.2, 0.25) is 0 Å². The number of hydrogen-bond donors (Lipinski definition) is 1. The number of nitrogens with zero attached hydrogens (tertiary/aromatic N) is 1. The van der Waals surface area contributed by atoms with Crippen LogP contribution in [0.1, 0.15) is 25.3 Å². The van der Waals surface area contributed by atoms with E-state index in [9.17, 15) is 0 Å². The summed E-state index contributed by atoms with van der Waals surface area (Å²) in [7, 11) is 0. The van der Waals surface area contributed by atoms with Gasteiger partial charge >= 0.3 is 0 Å². The Morgan fingerprint density at radius 2 is 2.29 bits per heavy atom. The van der Waals surface area contributed by atoms with Crippen LogP contribution >= 0.6 is 0 Å². The summed E-state index contributed by atoms with van der Waals surface area (Å²) in [4.78, 5) is 0. The van der Waals surface area contributed by atoms with E-state index in [0.29, 0.717) is 6.04 Å². The molecule has 2 unspecified atom stereocenters. The first-order valence-corrected chi connectivity index (χ1v) is 6.16. The Morgan fingerprint density at radius 3 is 3.00 bits per heavy atom. The SMILES string of the molecule is CCC1CC1NCc1ccccc1OCC#N. The minimum absolute atomic E-state index is 0.109. The fourth-order valence-electron chi connectivity index (χ4n) is 2.09. The van der Waals surface area contributed by atoms with Gasteiger partial charge in [-0.2, -0.15) is 5.26 Å². The Labute approximate surface area is 102 Å². The topological polar surface area (TPSA) is 45.0 Å². The molecule has 17 heavy (non-hydrogen) atoms. The number of rotatable bonds is 6. The number of nitriles is 1. The van der Waals surface area contributed by atoms with Crippen molar-refractivity contribution in [1.29, 1.82) is 5.26 Å². The molecule has 3 heteroatoms. The van der Waals surface area contributed by atoms with Crippen LogP contribution in [0, 0.1) is 17.2 Å². The predicted octanol–water partition coefficient (Wildman–Crippen LogP) is 2.48. The van der Waals surface area contributed by atoms with Gasteiger partial charge < -0.3 is 10.1 Å². The summed E-state index contributed by atoms with van der Waals surface area (Å²) in [5, 5.41) is 12.1. The van der Waals surface area contributed by atoms with Crippen molar-refractivity contribution >= 4 is 0 Å². The molecule has 0 amide bonds. The van der Waals surface area contributed by atoms with Crippen LogP contribution in [0.15, 0.2) is 24.3 Å². The van der Waals surface area contributed by atoms with Gasteiger partial charge in [-0.05, 0) is 18.4 Å². The number of hydrogen-bond acceptors (Lipinski definition) is 3. The molecule has 1 N–H and O–H groups in total. The number of nitrogens with one attached hydrogen (secondary N) is 1. The summed E-state index contributed by atoms with van der Waals surface area (Å²) < 4.78 is 5.39. The zero-order chi connectivity index (χ0) is 12.1. The van der Waals surface area contributed by atoms with Gasteiger partial charge in [0.1, 0.15) is 11.8 Å². The standard InChI is InChI=1S/C14H18N2O/c1-2-11-9-13(11)16-10-12-5-3-4-6-14(12)17-8-7-15/h3-6,11,13,16H,2,8-10H2,1H3. The van der Waals surface area contributed by atoms with E-state index in [2.05, 4.69) is 12.2 Å². The summed E-state index contributed by atoms with van der Waals surface area (Å²) >= 11 is 0. The first-order valence-electron chi connectivity index (χ1n) is 6.16. The van der Waals surface area contributed by atoms with Gasteiger partial charge in [-0.25, -0.2) is 0 Å². The van der Waals surface area contributed by atoms with Gasteiger partial charge in [-0.15, -0.1) is 0 Å². The lowest BCUT2D eigenvalue weighted by molar-refractivity contribution is 0.362. The third kappa shape index (κ3) is 3.21. The lowest BCUT2D eigenvalue weighted by atomic mass is 10.2. The lowest BCUT2D eigenvalue weighted by Crippen LogP contribution is -2.18. The van der Waals surface area contributed by atoms with Gasteiger partial charge in [0, 0.05) is 18.2 Å². The second-order valence-electron chi connectivity index (χ2n) is 4.45. The van der Waals surface area contributed by atoms with Crippen molar-refractivity contribution in [3.63, 3.8) is 0 Å².